The second kappa shape index (κ2) is 6.74. The van der Waals surface area contributed by atoms with Gasteiger partial charge in [0.25, 0.3) is 0 Å². The van der Waals surface area contributed by atoms with Crippen molar-refractivity contribution in [2.75, 3.05) is 7.11 Å². The van der Waals surface area contributed by atoms with Crippen molar-refractivity contribution in [1.29, 1.82) is 0 Å². The lowest BCUT2D eigenvalue weighted by Gasteiger charge is -2.13. The minimum absolute atomic E-state index is 0.0587. The highest BCUT2D eigenvalue weighted by molar-refractivity contribution is 9.10. The Morgan fingerprint density at radius 1 is 0.950 bits per heavy atom. The molecule has 0 aliphatic carbocycles. The molecule has 0 aliphatic rings. The fourth-order valence-electron chi connectivity index (χ4n) is 1.78. The molecule has 0 radical (unpaired) electrons. The SMILES string of the molecule is COc1cc(CO)ccc1Oc1ccc(Br)cc1CO. The summed E-state index contributed by atoms with van der Waals surface area (Å²) in [6.45, 7) is -0.178. The average Bonchev–Trinajstić information content (AvgIpc) is 2.49. The monoisotopic (exact) mass is 338 g/mol. The summed E-state index contributed by atoms with van der Waals surface area (Å²) in [6, 6.07) is 10.6. The maximum absolute atomic E-state index is 9.36. The Morgan fingerprint density at radius 2 is 1.70 bits per heavy atom. The lowest BCUT2D eigenvalue weighted by molar-refractivity contribution is 0.275. The Labute approximate surface area is 125 Å². The van der Waals surface area contributed by atoms with Crippen molar-refractivity contribution >= 4 is 15.9 Å². The Balaban J connectivity index is 2.34. The third-order valence-corrected chi connectivity index (χ3v) is 3.32. The summed E-state index contributed by atoms with van der Waals surface area (Å²) in [6.07, 6.45) is 0. The van der Waals surface area contributed by atoms with Crippen molar-refractivity contribution in [3.8, 4) is 17.2 Å². The van der Waals surface area contributed by atoms with Gasteiger partial charge in [0.2, 0.25) is 0 Å². The van der Waals surface area contributed by atoms with Gasteiger partial charge in [-0.05, 0) is 35.9 Å². The van der Waals surface area contributed by atoms with Crippen LogP contribution in [-0.2, 0) is 13.2 Å². The molecule has 0 saturated heterocycles. The maximum Gasteiger partial charge on any atom is 0.169 e. The highest BCUT2D eigenvalue weighted by Gasteiger charge is 2.10. The number of rotatable bonds is 5. The molecule has 2 aromatic carbocycles. The molecule has 0 spiro atoms. The standard InChI is InChI=1S/C15H15BrO4/c1-19-15-6-10(8-17)2-4-14(15)20-13-5-3-12(16)7-11(13)9-18/h2-7,17-18H,8-9H2,1H3. The summed E-state index contributed by atoms with van der Waals surface area (Å²) in [4.78, 5) is 0. The predicted octanol–water partition coefficient (Wildman–Crippen LogP) is 3.23. The highest BCUT2D eigenvalue weighted by atomic mass is 79.9. The van der Waals surface area contributed by atoms with Crippen LogP contribution in [0, 0.1) is 0 Å². The van der Waals surface area contributed by atoms with Gasteiger partial charge in [-0.1, -0.05) is 22.0 Å². The molecule has 0 fully saturated rings. The Hall–Kier alpha value is -1.56. The number of aliphatic hydroxyl groups is 2. The fourth-order valence-corrected chi connectivity index (χ4v) is 2.19. The molecule has 0 aliphatic heterocycles. The minimum Gasteiger partial charge on any atom is -0.493 e. The largest absolute Gasteiger partial charge is 0.493 e. The van der Waals surface area contributed by atoms with E-state index in [-0.39, 0.29) is 13.2 Å². The van der Waals surface area contributed by atoms with Crippen LogP contribution in [0.25, 0.3) is 0 Å². The maximum atomic E-state index is 9.36. The molecule has 0 saturated carbocycles. The number of aliphatic hydroxyl groups excluding tert-OH is 2. The summed E-state index contributed by atoms with van der Waals surface area (Å²) in [5.74, 6) is 1.62. The van der Waals surface area contributed by atoms with E-state index in [2.05, 4.69) is 15.9 Å². The molecule has 20 heavy (non-hydrogen) atoms. The van der Waals surface area contributed by atoms with Gasteiger partial charge in [-0.15, -0.1) is 0 Å². The van der Waals surface area contributed by atoms with Gasteiger partial charge in [-0.2, -0.15) is 0 Å². The first-order valence-corrected chi connectivity index (χ1v) is 6.82. The van der Waals surface area contributed by atoms with E-state index in [9.17, 15) is 5.11 Å². The smallest absolute Gasteiger partial charge is 0.169 e. The van der Waals surface area contributed by atoms with Crippen LogP contribution in [0.5, 0.6) is 17.2 Å². The minimum atomic E-state index is -0.119. The second-order valence-corrected chi connectivity index (χ2v) is 5.07. The van der Waals surface area contributed by atoms with Crippen LogP contribution in [0.4, 0.5) is 0 Å². The molecule has 0 bridgehead atoms. The van der Waals surface area contributed by atoms with E-state index >= 15 is 0 Å². The topological polar surface area (TPSA) is 58.9 Å². The predicted molar refractivity (Wildman–Crippen MR) is 79.1 cm³/mol. The molecule has 106 valence electrons. The molecule has 2 rings (SSSR count). The van der Waals surface area contributed by atoms with Crippen LogP contribution < -0.4 is 9.47 Å². The van der Waals surface area contributed by atoms with Crippen LogP contribution in [0.3, 0.4) is 0 Å². The van der Waals surface area contributed by atoms with Crippen LogP contribution in [0.15, 0.2) is 40.9 Å². The van der Waals surface area contributed by atoms with Crippen molar-refractivity contribution in [1.82, 2.24) is 0 Å². The summed E-state index contributed by atoms with van der Waals surface area (Å²) < 4.78 is 11.9. The van der Waals surface area contributed by atoms with E-state index in [0.29, 0.717) is 22.8 Å². The zero-order valence-corrected chi connectivity index (χ0v) is 12.6. The van der Waals surface area contributed by atoms with E-state index in [1.54, 1.807) is 30.3 Å². The number of ether oxygens (including phenoxy) is 2. The van der Waals surface area contributed by atoms with Crippen molar-refractivity contribution in [2.45, 2.75) is 13.2 Å². The first kappa shape index (κ1) is 14.8. The normalized spacial score (nSPS) is 10.4. The van der Waals surface area contributed by atoms with Crippen molar-refractivity contribution in [2.24, 2.45) is 0 Å². The lowest BCUT2D eigenvalue weighted by atomic mass is 10.2. The van der Waals surface area contributed by atoms with E-state index in [1.807, 2.05) is 6.07 Å². The first-order chi connectivity index (χ1) is 9.67. The van der Waals surface area contributed by atoms with Gasteiger partial charge >= 0.3 is 0 Å². The Morgan fingerprint density at radius 3 is 2.35 bits per heavy atom. The molecule has 4 nitrogen and oxygen atoms in total. The molecule has 0 heterocycles. The van der Waals surface area contributed by atoms with Crippen molar-refractivity contribution in [3.05, 3.63) is 52.0 Å². The number of benzene rings is 2. The fraction of sp³-hybridized carbons (Fsp3) is 0.200. The van der Waals surface area contributed by atoms with E-state index in [0.717, 1.165) is 10.0 Å². The first-order valence-electron chi connectivity index (χ1n) is 6.03. The lowest BCUT2D eigenvalue weighted by Crippen LogP contribution is -1.95. The molecule has 2 N–H and O–H groups in total. The van der Waals surface area contributed by atoms with E-state index in [1.165, 1.54) is 7.11 Å². The number of hydrogen-bond acceptors (Lipinski definition) is 4. The third kappa shape index (κ3) is 3.30. The third-order valence-electron chi connectivity index (χ3n) is 2.82. The van der Waals surface area contributed by atoms with E-state index in [4.69, 9.17) is 14.6 Å². The molecular formula is C15H15BrO4. The number of methoxy groups -OCH3 is 1. The van der Waals surface area contributed by atoms with Gasteiger partial charge < -0.3 is 19.7 Å². The second-order valence-electron chi connectivity index (χ2n) is 4.16. The molecule has 0 atom stereocenters. The van der Waals surface area contributed by atoms with Gasteiger partial charge in [0.1, 0.15) is 5.75 Å². The zero-order valence-electron chi connectivity index (χ0n) is 11.0. The average molecular weight is 339 g/mol. The van der Waals surface area contributed by atoms with Crippen LogP contribution in [0.1, 0.15) is 11.1 Å². The number of hydrogen-bond donors (Lipinski definition) is 2. The zero-order chi connectivity index (χ0) is 14.5. The Bertz CT molecular complexity index is 598. The highest BCUT2D eigenvalue weighted by Crippen LogP contribution is 2.34. The van der Waals surface area contributed by atoms with Gasteiger partial charge in [-0.3, -0.25) is 0 Å². The van der Waals surface area contributed by atoms with Gasteiger partial charge in [0.05, 0.1) is 20.3 Å². The van der Waals surface area contributed by atoms with Crippen LogP contribution in [-0.4, -0.2) is 17.3 Å². The van der Waals surface area contributed by atoms with Crippen molar-refractivity contribution < 1.29 is 19.7 Å². The molecule has 0 aromatic heterocycles. The summed E-state index contributed by atoms with van der Waals surface area (Å²) in [5, 5.41) is 18.5. The summed E-state index contributed by atoms with van der Waals surface area (Å²) in [5.41, 5.74) is 1.42. The van der Waals surface area contributed by atoms with Crippen LogP contribution in [0.2, 0.25) is 0 Å². The van der Waals surface area contributed by atoms with Gasteiger partial charge in [0, 0.05) is 10.0 Å². The molecular weight excluding hydrogens is 324 g/mol. The number of halogens is 1. The summed E-state index contributed by atoms with van der Waals surface area (Å²) >= 11 is 3.35. The van der Waals surface area contributed by atoms with Crippen molar-refractivity contribution in [3.63, 3.8) is 0 Å². The molecule has 0 amide bonds. The van der Waals surface area contributed by atoms with E-state index < -0.39 is 0 Å². The molecule has 0 unspecified atom stereocenters. The summed E-state index contributed by atoms with van der Waals surface area (Å²) in [7, 11) is 1.54. The quantitative estimate of drug-likeness (QED) is 0.878. The Kier molecular flexibility index (Phi) is 5.00. The van der Waals surface area contributed by atoms with Gasteiger partial charge in [0.15, 0.2) is 11.5 Å². The van der Waals surface area contributed by atoms with Gasteiger partial charge in [-0.25, -0.2) is 0 Å². The molecule has 5 heteroatoms. The molecule has 2 aromatic rings. The van der Waals surface area contributed by atoms with Crippen LogP contribution >= 0.6 is 15.9 Å².